The number of anilines is 1. The van der Waals surface area contributed by atoms with Crippen molar-refractivity contribution < 1.29 is 14.7 Å². The van der Waals surface area contributed by atoms with Crippen molar-refractivity contribution >= 4 is 28.9 Å². The highest BCUT2D eigenvalue weighted by molar-refractivity contribution is 7.18. The average Bonchev–Trinajstić information content (AvgIpc) is 3.07. The Morgan fingerprint density at radius 2 is 1.81 bits per heavy atom. The van der Waals surface area contributed by atoms with Crippen LogP contribution in [0.3, 0.4) is 0 Å². The minimum absolute atomic E-state index is 0.0251. The van der Waals surface area contributed by atoms with Gasteiger partial charge in [0.05, 0.1) is 5.69 Å². The molecule has 144 valence electrons. The molecule has 2 aromatic rings. The topological polar surface area (TPSA) is 57.6 Å². The second-order valence-electron chi connectivity index (χ2n) is 7.67. The van der Waals surface area contributed by atoms with Crippen LogP contribution in [-0.4, -0.2) is 23.0 Å². The van der Waals surface area contributed by atoms with Gasteiger partial charge in [0.2, 0.25) is 5.91 Å². The summed E-state index contributed by atoms with van der Waals surface area (Å²) in [6, 6.07) is 11.5. The minimum Gasteiger partial charge on any atom is -0.477 e. The number of carboxylic acid groups (broad SMARTS) is 1. The molecule has 1 amide bonds. The van der Waals surface area contributed by atoms with Gasteiger partial charge in [-0.15, -0.1) is 11.3 Å². The third kappa shape index (κ3) is 4.08. The lowest BCUT2D eigenvalue weighted by Gasteiger charge is -2.35. The maximum atomic E-state index is 13.4. The summed E-state index contributed by atoms with van der Waals surface area (Å²) >= 11 is 1.24. The highest BCUT2D eigenvalue weighted by atomic mass is 32.1. The van der Waals surface area contributed by atoms with E-state index in [1.165, 1.54) is 17.8 Å². The van der Waals surface area contributed by atoms with Gasteiger partial charge >= 0.3 is 5.97 Å². The van der Waals surface area contributed by atoms with E-state index in [-0.39, 0.29) is 22.7 Å². The number of aromatic carboxylic acids is 1. The van der Waals surface area contributed by atoms with Crippen molar-refractivity contribution in [3.05, 3.63) is 41.3 Å². The van der Waals surface area contributed by atoms with Gasteiger partial charge in [0.25, 0.3) is 0 Å². The second-order valence-corrected chi connectivity index (χ2v) is 8.72. The van der Waals surface area contributed by atoms with Crippen LogP contribution in [0.2, 0.25) is 0 Å². The van der Waals surface area contributed by atoms with Crippen molar-refractivity contribution in [1.29, 1.82) is 0 Å². The quantitative estimate of drug-likeness (QED) is 0.720. The molecule has 3 rings (SSSR count). The first-order valence-electron chi connectivity index (χ1n) is 9.65. The van der Waals surface area contributed by atoms with Gasteiger partial charge in [-0.05, 0) is 44.2 Å². The van der Waals surface area contributed by atoms with Gasteiger partial charge in [-0.25, -0.2) is 4.79 Å². The van der Waals surface area contributed by atoms with Gasteiger partial charge in [0, 0.05) is 16.8 Å². The number of carboxylic acids is 1. The van der Waals surface area contributed by atoms with E-state index in [0.29, 0.717) is 11.6 Å². The van der Waals surface area contributed by atoms with Crippen LogP contribution < -0.4 is 4.90 Å². The normalized spacial score (nSPS) is 19.9. The van der Waals surface area contributed by atoms with Gasteiger partial charge in [-0.1, -0.05) is 50.1 Å². The molecule has 1 aliphatic carbocycles. The number of benzene rings is 1. The average molecular weight is 386 g/mol. The molecule has 0 saturated heterocycles. The first-order valence-corrected chi connectivity index (χ1v) is 10.5. The Balaban J connectivity index is 2.03. The van der Waals surface area contributed by atoms with Gasteiger partial charge in [0.1, 0.15) is 4.88 Å². The molecule has 0 spiro atoms. The smallest absolute Gasteiger partial charge is 0.348 e. The number of carbonyl (C=O) groups excluding carboxylic acids is 1. The van der Waals surface area contributed by atoms with E-state index in [1.54, 1.807) is 4.90 Å². The van der Waals surface area contributed by atoms with Crippen molar-refractivity contribution in [3.8, 4) is 10.4 Å². The fourth-order valence-corrected chi connectivity index (χ4v) is 4.96. The van der Waals surface area contributed by atoms with Crippen LogP contribution in [0.25, 0.3) is 10.4 Å². The molecule has 2 unspecified atom stereocenters. The fraction of sp³-hybridized carbons (Fsp3) is 0.455. The van der Waals surface area contributed by atoms with E-state index in [1.807, 2.05) is 50.2 Å². The van der Waals surface area contributed by atoms with E-state index in [4.69, 9.17) is 0 Å². The molecule has 0 bridgehead atoms. The third-order valence-corrected chi connectivity index (χ3v) is 6.57. The van der Waals surface area contributed by atoms with Gasteiger partial charge in [-0.2, -0.15) is 0 Å². The Morgan fingerprint density at radius 3 is 2.41 bits per heavy atom. The van der Waals surface area contributed by atoms with Crippen LogP contribution in [-0.2, 0) is 4.79 Å². The molecular formula is C22H27NO3S. The Kier molecular flexibility index (Phi) is 6.00. The van der Waals surface area contributed by atoms with E-state index in [2.05, 4.69) is 6.92 Å². The molecule has 27 heavy (non-hydrogen) atoms. The van der Waals surface area contributed by atoms with Crippen molar-refractivity contribution in [2.75, 3.05) is 4.90 Å². The zero-order valence-corrected chi connectivity index (χ0v) is 17.0. The lowest BCUT2D eigenvalue weighted by atomic mass is 9.79. The number of rotatable bonds is 5. The van der Waals surface area contributed by atoms with Crippen LogP contribution >= 0.6 is 11.3 Å². The molecule has 1 aromatic carbocycles. The van der Waals surface area contributed by atoms with Crippen LogP contribution in [0, 0.1) is 11.8 Å². The lowest BCUT2D eigenvalue weighted by molar-refractivity contribution is -0.125. The number of carbonyl (C=O) groups is 2. The van der Waals surface area contributed by atoms with Crippen molar-refractivity contribution in [1.82, 2.24) is 0 Å². The zero-order chi connectivity index (χ0) is 19.6. The number of thiophene rings is 1. The summed E-state index contributed by atoms with van der Waals surface area (Å²) in [5.41, 5.74) is 1.50. The number of nitrogens with zero attached hydrogens (tertiary/aromatic N) is 1. The second kappa shape index (κ2) is 8.26. The summed E-state index contributed by atoms with van der Waals surface area (Å²) in [6.07, 6.45) is 4.19. The summed E-state index contributed by atoms with van der Waals surface area (Å²) in [6.45, 7) is 6.05. The highest BCUT2D eigenvalue weighted by Crippen LogP contribution is 2.40. The van der Waals surface area contributed by atoms with Crippen LogP contribution in [0.1, 0.15) is 56.1 Å². The maximum absolute atomic E-state index is 13.4. The van der Waals surface area contributed by atoms with Crippen LogP contribution in [0.5, 0.6) is 0 Å². The fourth-order valence-electron chi connectivity index (χ4n) is 3.97. The molecule has 1 heterocycles. The number of hydrogen-bond acceptors (Lipinski definition) is 3. The molecule has 5 heteroatoms. The summed E-state index contributed by atoms with van der Waals surface area (Å²) in [5.74, 6) is -0.597. The first kappa shape index (κ1) is 19.6. The van der Waals surface area contributed by atoms with Crippen LogP contribution in [0.4, 0.5) is 5.69 Å². The lowest BCUT2D eigenvalue weighted by Crippen LogP contribution is -2.44. The van der Waals surface area contributed by atoms with Gasteiger partial charge in [0.15, 0.2) is 0 Å². The predicted octanol–water partition coefficient (Wildman–Crippen LogP) is 5.68. The summed E-state index contributed by atoms with van der Waals surface area (Å²) in [7, 11) is 0. The van der Waals surface area contributed by atoms with Crippen molar-refractivity contribution in [2.45, 2.75) is 52.5 Å². The van der Waals surface area contributed by atoms with E-state index in [9.17, 15) is 14.7 Å². The molecule has 1 fully saturated rings. The molecule has 1 aliphatic rings. The zero-order valence-electron chi connectivity index (χ0n) is 16.1. The van der Waals surface area contributed by atoms with E-state index in [0.717, 1.165) is 29.7 Å². The van der Waals surface area contributed by atoms with Crippen LogP contribution in [0.15, 0.2) is 36.4 Å². The van der Waals surface area contributed by atoms with E-state index < -0.39 is 5.97 Å². The Morgan fingerprint density at radius 1 is 1.15 bits per heavy atom. The molecule has 1 N–H and O–H groups in total. The largest absolute Gasteiger partial charge is 0.477 e. The van der Waals surface area contributed by atoms with Crippen molar-refractivity contribution in [3.63, 3.8) is 0 Å². The summed E-state index contributed by atoms with van der Waals surface area (Å²) < 4.78 is 0. The third-order valence-electron chi connectivity index (χ3n) is 5.41. The maximum Gasteiger partial charge on any atom is 0.348 e. The molecule has 1 aromatic heterocycles. The molecule has 4 nitrogen and oxygen atoms in total. The summed E-state index contributed by atoms with van der Waals surface area (Å²) in [5, 5.41) is 9.77. The Bertz CT molecular complexity index is 812. The predicted molar refractivity (Wildman–Crippen MR) is 110 cm³/mol. The standard InChI is InChI=1S/C22H27NO3S/c1-14(2)23(21(24)17-12-8-7-9-15(17)3)18-13-19(27-20(18)22(25)26)16-10-5-4-6-11-16/h4-6,10-11,13-15,17H,7-9,12H2,1-3H3,(H,25,26). The first-order chi connectivity index (χ1) is 12.9. The molecule has 0 radical (unpaired) electrons. The summed E-state index contributed by atoms with van der Waals surface area (Å²) in [4.78, 5) is 28.2. The minimum atomic E-state index is -0.979. The number of hydrogen-bond donors (Lipinski definition) is 1. The molecule has 0 aliphatic heterocycles. The SMILES string of the molecule is CC1CCCCC1C(=O)N(c1cc(-c2ccccc2)sc1C(=O)O)C(C)C. The van der Waals surface area contributed by atoms with Gasteiger partial charge in [-0.3, -0.25) is 4.79 Å². The molecular weight excluding hydrogens is 358 g/mol. The molecule has 1 saturated carbocycles. The Hall–Kier alpha value is -2.14. The molecule has 2 atom stereocenters. The van der Waals surface area contributed by atoms with Crippen molar-refractivity contribution in [2.24, 2.45) is 11.8 Å². The Labute approximate surface area is 164 Å². The highest BCUT2D eigenvalue weighted by Gasteiger charge is 2.35. The van der Waals surface area contributed by atoms with Gasteiger partial charge < -0.3 is 10.0 Å². The van der Waals surface area contributed by atoms with E-state index >= 15 is 0 Å². The monoisotopic (exact) mass is 385 g/mol. The number of amides is 1.